The Morgan fingerprint density at radius 3 is 2.31 bits per heavy atom. The van der Waals surface area contributed by atoms with Gasteiger partial charge < -0.3 is 5.32 Å². The van der Waals surface area contributed by atoms with Gasteiger partial charge in [0, 0.05) is 11.3 Å². The first-order chi connectivity index (χ1) is 7.33. The summed E-state index contributed by atoms with van der Waals surface area (Å²) in [6.45, 7) is 13.4. The van der Waals surface area contributed by atoms with Crippen LogP contribution in [0.4, 0.5) is 0 Å². The third-order valence-corrected chi connectivity index (χ3v) is 4.95. The second-order valence-corrected chi connectivity index (χ2v) is 6.84. The first kappa shape index (κ1) is 13.9. The minimum atomic E-state index is 0.249. The number of hydrogen-bond donors (Lipinski definition) is 1. The Hall–Kier alpha value is -0.180. The first-order valence-corrected chi connectivity index (χ1v) is 7.30. The fraction of sp³-hybridized carbons (Fsp3) is 0.923. The number of amidine groups is 1. The quantitative estimate of drug-likeness (QED) is 0.816. The zero-order valence-corrected chi connectivity index (χ0v) is 12.4. The van der Waals surface area contributed by atoms with Crippen molar-refractivity contribution >= 4 is 16.9 Å². The van der Waals surface area contributed by atoms with Gasteiger partial charge >= 0.3 is 0 Å². The number of thioether (sulfide) groups is 1. The Labute approximate surface area is 105 Å². The van der Waals surface area contributed by atoms with E-state index in [-0.39, 0.29) is 5.41 Å². The van der Waals surface area contributed by atoms with Crippen LogP contribution in [-0.4, -0.2) is 22.5 Å². The molecule has 0 radical (unpaired) electrons. The second kappa shape index (κ2) is 4.99. The molecule has 1 heterocycles. The van der Waals surface area contributed by atoms with Gasteiger partial charge in [0.05, 0.1) is 6.04 Å². The smallest absolute Gasteiger partial charge is 0.157 e. The summed E-state index contributed by atoms with van der Waals surface area (Å²) in [4.78, 5) is 4.81. The lowest BCUT2D eigenvalue weighted by atomic mass is 9.89. The van der Waals surface area contributed by atoms with E-state index >= 15 is 0 Å². The molecule has 1 atom stereocenters. The Morgan fingerprint density at radius 2 is 1.94 bits per heavy atom. The molecule has 0 spiro atoms. The van der Waals surface area contributed by atoms with E-state index in [1.165, 1.54) is 12.8 Å². The molecule has 0 aromatic rings. The molecule has 0 aromatic heterocycles. The van der Waals surface area contributed by atoms with Crippen LogP contribution >= 0.6 is 11.8 Å². The molecule has 16 heavy (non-hydrogen) atoms. The van der Waals surface area contributed by atoms with E-state index in [1.54, 1.807) is 0 Å². The zero-order valence-electron chi connectivity index (χ0n) is 11.6. The van der Waals surface area contributed by atoms with Crippen LogP contribution in [0.1, 0.15) is 54.4 Å². The highest BCUT2D eigenvalue weighted by atomic mass is 32.2. The number of nitrogens with zero attached hydrogens (tertiary/aromatic N) is 1. The molecular weight excluding hydrogens is 216 g/mol. The van der Waals surface area contributed by atoms with Crippen LogP contribution in [0.25, 0.3) is 0 Å². The summed E-state index contributed by atoms with van der Waals surface area (Å²) < 4.78 is 0. The van der Waals surface area contributed by atoms with Crippen LogP contribution in [0.3, 0.4) is 0 Å². The molecule has 1 fully saturated rings. The average Bonchev–Trinajstić information content (AvgIpc) is 2.61. The minimum absolute atomic E-state index is 0.249. The number of aliphatic imine (C=N–C) groups is 1. The maximum absolute atomic E-state index is 4.81. The lowest BCUT2D eigenvalue weighted by Gasteiger charge is -2.27. The van der Waals surface area contributed by atoms with Gasteiger partial charge in [0.15, 0.2) is 5.17 Å². The van der Waals surface area contributed by atoms with Crippen molar-refractivity contribution in [3.05, 3.63) is 0 Å². The standard InChI is InChI=1S/C13H26N2S/c1-7-13(8-2)9-16-11(15-13)14-10(3)12(4,5)6/h10H,7-9H2,1-6H3,(H,14,15). The van der Waals surface area contributed by atoms with E-state index in [0.29, 0.717) is 11.6 Å². The van der Waals surface area contributed by atoms with E-state index < -0.39 is 0 Å². The average molecular weight is 242 g/mol. The third-order valence-electron chi connectivity index (χ3n) is 3.78. The van der Waals surface area contributed by atoms with E-state index in [0.717, 1.165) is 10.9 Å². The topological polar surface area (TPSA) is 24.4 Å². The predicted octanol–water partition coefficient (Wildman–Crippen LogP) is 3.67. The normalized spacial score (nSPS) is 24.5. The lowest BCUT2D eigenvalue weighted by Crippen LogP contribution is -2.42. The molecule has 0 saturated carbocycles. The highest BCUT2D eigenvalue weighted by Crippen LogP contribution is 2.30. The van der Waals surface area contributed by atoms with Crippen LogP contribution in [0.5, 0.6) is 0 Å². The summed E-state index contributed by atoms with van der Waals surface area (Å²) in [5.74, 6) is 1.16. The largest absolute Gasteiger partial charge is 0.359 e. The number of rotatable bonds is 3. The molecule has 1 aliphatic rings. The summed E-state index contributed by atoms with van der Waals surface area (Å²) in [5.41, 5.74) is 0.542. The predicted molar refractivity (Wildman–Crippen MR) is 75.3 cm³/mol. The Balaban J connectivity index is 2.69. The first-order valence-electron chi connectivity index (χ1n) is 6.32. The molecule has 1 unspecified atom stereocenters. The van der Waals surface area contributed by atoms with E-state index in [4.69, 9.17) is 4.99 Å². The zero-order chi connectivity index (χ0) is 12.4. The van der Waals surface area contributed by atoms with Gasteiger partial charge in [0.2, 0.25) is 0 Å². The van der Waals surface area contributed by atoms with Gasteiger partial charge in [0.25, 0.3) is 0 Å². The summed E-state index contributed by atoms with van der Waals surface area (Å²) in [6, 6.07) is 0.368. The van der Waals surface area contributed by atoms with Gasteiger partial charge in [-0.25, -0.2) is 0 Å². The van der Waals surface area contributed by atoms with Gasteiger partial charge in [-0.2, -0.15) is 0 Å². The summed E-state index contributed by atoms with van der Waals surface area (Å²) in [7, 11) is 0. The van der Waals surface area contributed by atoms with Crippen molar-refractivity contribution in [1.29, 1.82) is 0 Å². The van der Waals surface area contributed by atoms with Crippen molar-refractivity contribution in [1.82, 2.24) is 5.32 Å². The van der Waals surface area contributed by atoms with Crippen molar-refractivity contribution in [2.45, 2.75) is 66.0 Å². The fourth-order valence-corrected chi connectivity index (χ4v) is 2.99. The Bertz CT molecular complexity index is 262. The monoisotopic (exact) mass is 242 g/mol. The van der Waals surface area contributed by atoms with Crippen LogP contribution in [0.15, 0.2) is 4.99 Å². The molecule has 2 nitrogen and oxygen atoms in total. The van der Waals surface area contributed by atoms with Crippen molar-refractivity contribution in [2.24, 2.45) is 10.4 Å². The molecule has 1 saturated heterocycles. The van der Waals surface area contributed by atoms with Gasteiger partial charge in [-0.15, -0.1) is 0 Å². The number of hydrogen-bond acceptors (Lipinski definition) is 2. The van der Waals surface area contributed by atoms with Crippen molar-refractivity contribution in [2.75, 3.05) is 5.75 Å². The van der Waals surface area contributed by atoms with Gasteiger partial charge in [-0.05, 0) is 25.2 Å². The summed E-state index contributed by atoms with van der Waals surface area (Å²) >= 11 is 1.88. The highest BCUT2D eigenvalue weighted by molar-refractivity contribution is 8.14. The molecule has 0 amide bonds. The molecule has 94 valence electrons. The molecule has 1 aliphatic heterocycles. The summed E-state index contributed by atoms with van der Waals surface area (Å²) in [6.07, 6.45) is 2.36. The van der Waals surface area contributed by atoms with E-state index in [9.17, 15) is 0 Å². The van der Waals surface area contributed by atoms with E-state index in [2.05, 4.69) is 46.9 Å². The maximum atomic E-state index is 4.81. The lowest BCUT2D eigenvalue weighted by molar-refractivity contribution is 0.339. The van der Waals surface area contributed by atoms with Crippen molar-refractivity contribution in [3.63, 3.8) is 0 Å². The number of nitrogens with one attached hydrogen (secondary N) is 1. The molecule has 1 rings (SSSR count). The summed E-state index contributed by atoms with van der Waals surface area (Å²) in [5, 5.41) is 4.76. The third kappa shape index (κ3) is 3.16. The molecule has 0 aromatic carbocycles. The van der Waals surface area contributed by atoms with Gasteiger partial charge in [0.1, 0.15) is 0 Å². The highest BCUT2D eigenvalue weighted by Gasteiger charge is 2.34. The molecule has 0 bridgehead atoms. The molecule has 3 heteroatoms. The van der Waals surface area contributed by atoms with Crippen molar-refractivity contribution in [3.8, 4) is 0 Å². The second-order valence-electron chi connectivity index (χ2n) is 5.88. The molecule has 0 aliphatic carbocycles. The Kier molecular flexibility index (Phi) is 4.33. The maximum Gasteiger partial charge on any atom is 0.157 e. The van der Waals surface area contributed by atoms with Gasteiger partial charge in [-0.1, -0.05) is 46.4 Å². The van der Waals surface area contributed by atoms with Crippen LogP contribution in [0, 0.1) is 5.41 Å². The Morgan fingerprint density at radius 1 is 1.38 bits per heavy atom. The molecule has 1 N–H and O–H groups in total. The van der Waals surface area contributed by atoms with E-state index in [1.807, 2.05) is 11.8 Å². The van der Waals surface area contributed by atoms with Crippen LogP contribution < -0.4 is 5.32 Å². The van der Waals surface area contributed by atoms with Crippen LogP contribution in [0.2, 0.25) is 0 Å². The van der Waals surface area contributed by atoms with Gasteiger partial charge in [-0.3, -0.25) is 4.99 Å². The molecular formula is C13H26N2S. The minimum Gasteiger partial charge on any atom is -0.359 e. The van der Waals surface area contributed by atoms with Crippen molar-refractivity contribution < 1.29 is 0 Å². The fourth-order valence-electron chi connectivity index (χ4n) is 1.58. The SMILES string of the molecule is CCC1(CC)CSC(=NC(C)C(C)(C)C)N1. The van der Waals surface area contributed by atoms with Crippen LogP contribution in [-0.2, 0) is 0 Å².